The minimum absolute atomic E-state index is 0.174. The topological polar surface area (TPSA) is 64.8 Å². The average molecular weight is 395 g/mol. The molecule has 0 aliphatic heterocycles. The maximum Gasteiger partial charge on any atom is 0.259 e. The van der Waals surface area contributed by atoms with Crippen LogP contribution in [0.1, 0.15) is 33.3 Å². The summed E-state index contributed by atoms with van der Waals surface area (Å²) in [7, 11) is -3.77. The van der Waals surface area contributed by atoms with E-state index in [2.05, 4.69) is 10.1 Å². The van der Waals surface area contributed by atoms with Gasteiger partial charge in [0.1, 0.15) is 18.0 Å². The van der Waals surface area contributed by atoms with Crippen molar-refractivity contribution < 1.29 is 17.2 Å². The lowest BCUT2D eigenvalue weighted by molar-refractivity contribution is 0.579. The fourth-order valence-corrected chi connectivity index (χ4v) is 3.11. The van der Waals surface area contributed by atoms with Crippen molar-refractivity contribution in [2.75, 3.05) is 0 Å². The second-order valence-corrected chi connectivity index (χ2v) is 6.66. The maximum absolute atomic E-state index is 12.9. The molecular weight excluding hydrogens is 372 g/mol. The Balaban J connectivity index is 0.000000855. The minimum Gasteiger partial charge on any atom is -0.214 e. The smallest absolute Gasteiger partial charge is 0.214 e. The second-order valence-electron chi connectivity index (χ2n) is 4.83. The zero-order valence-electron chi connectivity index (χ0n) is 15.7. The molecule has 0 aliphatic rings. The van der Waals surface area contributed by atoms with Gasteiger partial charge in [-0.1, -0.05) is 39.8 Å². The number of nitrogens with zero attached hydrogens (tertiary/aromatic N) is 3. The van der Waals surface area contributed by atoms with Crippen LogP contribution in [0.15, 0.2) is 54.9 Å². The van der Waals surface area contributed by atoms with Crippen LogP contribution in [0, 0.1) is 11.6 Å². The number of aromatic nitrogens is 3. The fraction of sp³-hybridized carbons (Fsp3) is 0.263. The molecule has 1 aromatic heterocycles. The van der Waals surface area contributed by atoms with Crippen molar-refractivity contribution >= 4 is 10.0 Å². The van der Waals surface area contributed by atoms with E-state index in [0.29, 0.717) is 11.1 Å². The normalized spacial score (nSPS) is 10.3. The molecule has 3 aromatic rings. The Morgan fingerprint density at radius 3 is 1.85 bits per heavy atom. The predicted molar refractivity (Wildman–Crippen MR) is 103 cm³/mol. The van der Waals surface area contributed by atoms with E-state index >= 15 is 0 Å². The molecule has 5 nitrogen and oxygen atoms in total. The SMILES string of the molecule is CC.CC.O=S(=O)(Cc1ccc(F)cc1)n1cnc(-c2ccc(F)cc2)n1. The van der Waals surface area contributed by atoms with E-state index in [4.69, 9.17) is 0 Å². The van der Waals surface area contributed by atoms with E-state index in [0.717, 1.165) is 10.4 Å². The van der Waals surface area contributed by atoms with Gasteiger partial charge < -0.3 is 0 Å². The molecule has 0 bridgehead atoms. The van der Waals surface area contributed by atoms with E-state index in [1.54, 1.807) is 0 Å². The van der Waals surface area contributed by atoms with Crippen molar-refractivity contribution in [1.82, 2.24) is 14.2 Å². The maximum atomic E-state index is 12.9. The van der Waals surface area contributed by atoms with Gasteiger partial charge in [-0.05, 0) is 42.0 Å². The third-order valence-corrected chi connectivity index (χ3v) is 4.57. The largest absolute Gasteiger partial charge is 0.259 e. The molecule has 0 spiro atoms. The molecule has 8 heteroatoms. The van der Waals surface area contributed by atoms with Gasteiger partial charge in [0.05, 0.1) is 5.75 Å². The van der Waals surface area contributed by atoms with Crippen LogP contribution in [0.25, 0.3) is 11.4 Å². The lowest BCUT2D eigenvalue weighted by Crippen LogP contribution is -2.15. The quantitative estimate of drug-likeness (QED) is 0.645. The van der Waals surface area contributed by atoms with Crippen LogP contribution < -0.4 is 0 Å². The van der Waals surface area contributed by atoms with Crippen LogP contribution in [0.2, 0.25) is 0 Å². The van der Waals surface area contributed by atoms with Crippen molar-refractivity contribution in [3.05, 3.63) is 72.1 Å². The number of halogens is 2. The van der Waals surface area contributed by atoms with Gasteiger partial charge in [0.15, 0.2) is 5.82 Å². The molecule has 0 aliphatic carbocycles. The molecule has 1 heterocycles. The van der Waals surface area contributed by atoms with Crippen LogP contribution in [0.3, 0.4) is 0 Å². The Kier molecular flexibility index (Phi) is 8.74. The standard InChI is InChI=1S/C15H11F2N3O2S.2C2H6/c16-13-5-1-11(2-6-13)9-23(21,22)20-10-18-15(19-20)12-3-7-14(17)8-4-12;2*1-2/h1-8,10H,9H2;2*1-2H3. The van der Waals surface area contributed by atoms with Crippen molar-refractivity contribution in [3.63, 3.8) is 0 Å². The number of hydrogen-bond acceptors (Lipinski definition) is 4. The first-order valence-corrected chi connectivity index (χ1v) is 10.2. The molecule has 0 atom stereocenters. The minimum atomic E-state index is -3.77. The van der Waals surface area contributed by atoms with Crippen molar-refractivity contribution in [2.24, 2.45) is 0 Å². The summed E-state index contributed by atoms with van der Waals surface area (Å²) in [4.78, 5) is 3.93. The van der Waals surface area contributed by atoms with Crippen molar-refractivity contribution in [3.8, 4) is 11.4 Å². The Labute approximate surface area is 158 Å². The molecular formula is C19H23F2N3O2S. The monoisotopic (exact) mass is 395 g/mol. The van der Waals surface area contributed by atoms with Crippen LogP contribution in [-0.2, 0) is 15.8 Å². The summed E-state index contributed by atoms with van der Waals surface area (Å²) in [5, 5.41) is 3.92. The first-order valence-electron chi connectivity index (χ1n) is 8.59. The van der Waals surface area contributed by atoms with Crippen LogP contribution in [-0.4, -0.2) is 22.6 Å². The zero-order valence-corrected chi connectivity index (χ0v) is 16.5. The van der Waals surface area contributed by atoms with Gasteiger partial charge in [0.2, 0.25) is 0 Å². The Bertz CT molecular complexity index is 922. The average Bonchev–Trinajstić information content (AvgIpc) is 3.19. The number of benzene rings is 2. The highest BCUT2D eigenvalue weighted by atomic mass is 32.2. The van der Waals surface area contributed by atoms with Crippen LogP contribution in [0.5, 0.6) is 0 Å². The van der Waals surface area contributed by atoms with E-state index in [1.165, 1.54) is 48.5 Å². The summed E-state index contributed by atoms with van der Waals surface area (Å²) >= 11 is 0. The molecule has 27 heavy (non-hydrogen) atoms. The van der Waals surface area contributed by atoms with Gasteiger partial charge in [0.25, 0.3) is 10.0 Å². The fourth-order valence-electron chi connectivity index (χ4n) is 1.97. The lowest BCUT2D eigenvalue weighted by Gasteiger charge is -2.03. The molecule has 0 N–H and O–H groups in total. The summed E-state index contributed by atoms with van der Waals surface area (Å²) in [6.07, 6.45) is 1.08. The summed E-state index contributed by atoms with van der Waals surface area (Å²) in [6, 6.07) is 10.6. The Morgan fingerprint density at radius 1 is 0.852 bits per heavy atom. The third-order valence-electron chi connectivity index (χ3n) is 3.12. The molecule has 3 rings (SSSR count). The first kappa shape index (κ1) is 22.4. The number of rotatable bonds is 4. The van der Waals surface area contributed by atoms with Crippen LogP contribution >= 0.6 is 0 Å². The zero-order chi connectivity index (χ0) is 20.4. The Morgan fingerprint density at radius 2 is 1.33 bits per heavy atom. The van der Waals surface area contributed by atoms with Gasteiger partial charge in [-0.3, -0.25) is 0 Å². The highest BCUT2D eigenvalue weighted by Crippen LogP contribution is 2.16. The summed E-state index contributed by atoms with van der Waals surface area (Å²) in [6.45, 7) is 8.00. The number of hydrogen-bond donors (Lipinski definition) is 0. The van der Waals surface area contributed by atoms with Crippen LogP contribution in [0.4, 0.5) is 8.78 Å². The van der Waals surface area contributed by atoms with Crippen molar-refractivity contribution in [2.45, 2.75) is 33.4 Å². The van der Waals surface area contributed by atoms with Gasteiger partial charge in [0, 0.05) is 5.56 Å². The molecule has 0 unspecified atom stereocenters. The van der Waals surface area contributed by atoms with Gasteiger partial charge in [-0.2, -0.15) is 0 Å². The van der Waals surface area contributed by atoms with Gasteiger partial charge in [-0.25, -0.2) is 22.2 Å². The third kappa shape index (κ3) is 6.25. The molecule has 146 valence electrons. The molecule has 0 radical (unpaired) electrons. The van der Waals surface area contributed by atoms with Crippen molar-refractivity contribution in [1.29, 1.82) is 0 Å². The highest BCUT2D eigenvalue weighted by Gasteiger charge is 2.17. The highest BCUT2D eigenvalue weighted by molar-refractivity contribution is 7.89. The van der Waals surface area contributed by atoms with E-state index < -0.39 is 21.7 Å². The molecule has 2 aromatic carbocycles. The summed E-state index contributed by atoms with van der Waals surface area (Å²) in [5.41, 5.74) is 0.937. The summed E-state index contributed by atoms with van der Waals surface area (Å²) < 4.78 is 51.1. The Hall–Kier alpha value is -2.61. The second kappa shape index (κ2) is 10.5. The summed E-state index contributed by atoms with van der Waals surface area (Å²) in [5.74, 6) is -1.00. The van der Waals surface area contributed by atoms with E-state index in [9.17, 15) is 17.2 Å². The van der Waals surface area contributed by atoms with Gasteiger partial charge in [-0.15, -0.1) is 9.19 Å². The molecule has 0 saturated carbocycles. The van der Waals surface area contributed by atoms with E-state index in [-0.39, 0.29) is 11.6 Å². The lowest BCUT2D eigenvalue weighted by atomic mass is 10.2. The molecule has 0 fully saturated rings. The molecule has 0 amide bonds. The molecule has 0 saturated heterocycles. The van der Waals surface area contributed by atoms with E-state index in [1.807, 2.05) is 27.7 Å². The first-order chi connectivity index (χ1) is 12.9. The van der Waals surface area contributed by atoms with Gasteiger partial charge >= 0.3 is 0 Å². The predicted octanol–water partition coefficient (Wildman–Crippen LogP) is 4.65.